The van der Waals surface area contributed by atoms with Crippen molar-refractivity contribution < 1.29 is 22.7 Å². The van der Waals surface area contributed by atoms with Crippen LogP contribution in [-0.4, -0.2) is 56.5 Å². The van der Waals surface area contributed by atoms with Gasteiger partial charge in [-0.2, -0.15) is 4.31 Å². The first-order valence-electron chi connectivity index (χ1n) is 10.1. The van der Waals surface area contributed by atoms with Crippen molar-refractivity contribution in [2.45, 2.75) is 63.1 Å². The number of hydrogen-bond donors (Lipinski definition) is 2. The van der Waals surface area contributed by atoms with Crippen LogP contribution in [0.25, 0.3) is 0 Å². The number of rotatable bonds is 5. The van der Waals surface area contributed by atoms with Crippen LogP contribution in [0.1, 0.15) is 43.2 Å². The van der Waals surface area contributed by atoms with Gasteiger partial charge in [0.2, 0.25) is 10.0 Å². The molecule has 1 aliphatic heterocycles. The van der Waals surface area contributed by atoms with Crippen LogP contribution < -0.4 is 10.6 Å². The Morgan fingerprint density at radius 2 is 1.86 bits per heavy atom. The third kappa shape index (κ3) is 5.15. The summed E-state index contributed by atoms with van der Waals surface area (Å²) >= 11 is 0. The van der Waals surface area contributed by atoms with Crippen LogP contribution in [0.2, 0.25) is 0 Å². The number of nitrogens with one attached hydrogen (secondary N) is 2. The van der Waals surface area contributed by atoms with E-state index in [-0.39, 0.29) is 17.5 Å². The lowest BCUT2D eigenvalue weighted by Gasteiger charge is -2.35. The Hall–Kier alpha value is -1.97. The highest BCUT2D eigenvalue weighted by Gasteiger charge is 2.36. The summed E-state index contributed by atoms with van der Waals surface area (Å²) in [5, 5.41) is 5.25. The highest BCUT2D eigenvalue weighted by atomic mass is 32.2. The Morgan fingerprint density at radius 1 is 1.14 bits per heavy atom. The normalized spacial score (nSPS) is 21.1. The maximum absolute atomic E-state index is 13.2. The maximum Gasteiger partial charge on any atom is 0.309 e. The number of carbonyl (C=O) groups excluding carboxylic acids is 2. The van der Waals surface area contributed by atoms with Crippen LogP contribution in [0.15, 0.2) is 23.1 Å². The van der Waals surface area contributed by atoms with E-state index in [2.05, 4.69) is 10.6 Å². The summed E-state index contributed by atoms with van der Waals surface area (Å²) in [7, 11) is -3.79. The first-order valence-corrected chi connectivity index (χ1v) is 11.5. The van der Waals surface area contributed by atoms with Crippen LogP contribution in [0.3, 0.4) is 0 Å². The molecule has 160 valence electrons. The molecule has 1 atom stereocenters. The average molecular weight is 424 g/mol. The van der Waals surface area contributed by atoms with E-state index >= 15 is 0 Å². The van der Waals surface area contributed by atoms with Crippen LogP contribution in [0.5, 0.6) is 0 Å². The van der Waals surface area contributed by atoms with Gasteiger partial charge in [-0.25, -0.2) is 8.42 Å². The molecular weight excluding hydrogens is 394 g/mol. The number of nitrogens with zero attached hydrogens (tertiary/aromatic N) is 1. The maximum atomic E-state index is 13.2. The lowest BCUT2D eigenvalue weighted by atomic mass is 10.2. The van der Waals surface area contributed by atoms with Gasteiger partial charge < -0.3 is 15.4 Å². The molecule has 1 aromatic rings. The number of carbonyl (C=O) groups is 2. The number of amides is 2. The zero-order chi connectivity index (χ0) is 21.0. The Bertz CT molecular complexity index is 865. The predicted molar refractivity (Wildman–Crippen MR) is 108 cm³/mol. The first-order chi connectivity index (χ1) is 13.8. The van der Waals surface area contributed by atoms with Crippen molar-refractivity contribution in [2.24, 2.45) is 0 Å². The largest absolute Gasteiger partial charge is 0.360 e. The Labute approximate surface area is 172 Å². The van der Waals surface area contributed by atoms with E-state index in [0.717, 1.165) is 31.2 Å². The van der Waals surface area contributed by atoms with Crippen molar-refractivity contribution in [1.29, 1.82) is 0 Å². The van der Waals surface area contributed by atoms with Gasteiger partial charge >= 0.3 is 11.8 Å². The predicted octanol–water partition coefficient (Wildman–Crippen LogP) is 1.22. The van der Waals surface area contributed by atoms with Crippen LogP contribution in [-0.2, 0) is 24.3 Å². The van der Waals surface area contributed by atoms with E-state index in [4.69, 9.17) is 4.74 Å². The number of benzene rings is 1. The van der Waals surface area contributed by atoms with Gasteiger partial charge in [-0.1, -0.05) is 25.0 Å². The zero-order valence-corrected chi connectivity index (χ0v) is 17.8. The second kappa shape index (κ2) is 9.23. The van der Waals surface area contributed by atoms with Crippen molar-refractivity contribution in [1.82, 2.24) is 14.9 Å². The van der Waals surface area contributed by atoms with Gasteiger partial charge in [0.15, 0.2) is 0 Å². The van der Waals surface area contributed by atoms with Crippen LogP contribution in [0.4, 0.5) is 0 Å². The van der Waals surface area contributed by atoms with Crippen molar-refractivity contribution in [3.8, 4) is 0 Å². The summed E-state index contributed by atoms with van der Waals surface area (Å²) < 4.78 is 33.4. The van der Waals surface area contributed by atoms with Gasteiger partial charge in [-0.15, -0.1) is 0 Å². The van der Waals surface area contributed by atoms with E-state index in [1.54, 1.807) is 19.1 Å². The quantitative estimate of drug-likeness (QED) is 0.693. The summed E-state index contributed by atoms with van der Waals surface area (Å²) in [4.78, 5) is 24.4. The summed E-state index contributed by atoms with van der Waals surface area (Å²) in [6.07, 6.45) is 3.58. The standard InChI is InChI=1S/C20H29N3O5S/c1-14-8-9-15(2)17(12-14)29(26,27)23-10-5-11-28-18(23)13-21-19(24)20(25)22-16-6-3-4-7-16/h8-9,12,16,18H,3-7,10-11,13H2,1-2H3,(H,21,24)(H,22,25)/t18-/m1/s1. The van der Waals surface area contributed by atoms with Gasteiger partial charge in [0.05, 0.1) is 18.0 Å². The van der Waals surface area contributed by atoms with Crippen molar-refractivity contribution in [3.05, 3.63) is 29.3 Å². The molecule has 0 unspecified atom stereocenters. The average Bonchev–Trinajstić information content (AvgIpc) is 3.21. The SMILES string of the molecule is Cc1ccc(C)c(S(=O)(=O)N2CCCO[C@@H]2CNC(=O)C(=O)NC2CCCC2)c1. The lowest BCUT2D eigenvalue weighted by Crippen LogP contribution is -2.53. The van der Waals surface area contributed by atoms with E-state index in [9.17, 15) is 18.0 Å². The van der Waals surface area contributed by atoms with E-state index in [0.29, 0.717) is 25.1 Å². The molecule has 1 heterocycles. The van der Waals surface area contributed by atoms with Crippen LogP contribution in [0, 0.1) is 13.8 Å². The molecule has 3 rings (SSSR count). The molecule has 0 radical (unpaired) electrons. The molecule has 2 N–H and O–H groups in total. The van der Waals surface area contributed by atoms with Gasteiger partial charge in [0.1, 0.15) is 6.23 Å². The van der Waals surface area contributed by atoms with Gasteiger partial charge in [-0.05, 0) is 50.3 Å². The molecule has 0 aromatic heterocycles. The fourth-order valence-corrected chi connectivity index (χ4v) is 5.67. The molecule has 2 aliphatic rings. The summed E-state index contributed by atoms with van der Waals surface area (Å²) in [6.45, 7) is 4.20. The van der Waals surface area contributed by atoms with Gasteiger partial charge in [0, 0.05) is 12.6 Å². The molecular formula is C20H29N3O5S. The number of aryl methyl sites for hydroxylation is 2. The summed E-state index contributed by atoms with van der Waals surface area (Å²) in [5.41, 5.74) is 1.50. The molecule has 8 nitrogen and oxygen atoms in total. The molecule has 9 heteroatoms. The summed E-state index contributed by atoms with van der Waals surface area (Å²) in [6, 6.07) is 5.32. The van der Waals surface area contributed by atoms with Crippen molar-refractivity contribution >= 4 is 21.8 Å². The Morgan fingerprint density at radius 3 is 2.59 bits per heavy atom. The number of ether oxygens (including phenoxy) is 1. The molecule has 2 fully saturated rings. The van der Waals surface area contributed by atoms with Crippen LogP contribution >= 0.6 is 0 Å². The third-order valence-electron chi connectivity index (χ3n) is 5.42. The van der Waals surface area contributed by atoms with Gasteiger partial charge in [0.25, 0.3) is 0 Å². The third-order valence-corrected chi connectivity index (χ3v) is 7.45. The molecule has 1 aliphatic carbocycles. The molecule has 2 amide bonds. The molecule has 0 spiro atoms. The second-order valence-corrected chi connectivity index (χ2v) is 9.59. The molecule has 1 saturated heterocycles. The number of hydrogen-bond acceptors (Lipinski definition) is 5. The molecule has 29 heavy (non-hydrogen) atoms. The minimum atomic E-state index is -3.79. The number of sulfonamides is 1. The van der Waals surface area contributed by atoms with Gasteiger partial charge in [-0.3, -0.25) is 9.59 Å². The molecule has 1 aromatic carbocycles. The highest BCUT2D eigenvalue weighted by molar-refractivity contribution is 7.89. The minimum Gasteiger partial charge on any atom is -0.360 e. The summed E-state index contributed by atoms with van der Waals surface area (Å²) in [5.74, 6) is -1.45. The van der Waals surface area contributed by atoms with E-state index < -0.39 is 28.1 Å². The molecule has 0 bridgehead atoms. The zero-order valence-electron chi connectivity index (χ0n) is 16.9. The monoisotopic (exact) mass is 423 g/mol. The lowest BCUT2D eigenvalue weighted by molar-refractivity contribution is -0.140. The van der Waals surface area contributed by atoms with Crippen molar-refractivity contribution in [2.75, 3.05) is 19.7 Å². The molecule has 1 saturated carbocycles. The van der Waals surface area contributed by atoms with E-state index in [1.165, 1.54) is 4.31 Å². The topological polar surface area (TPSA) is 105 Å². The van der Waals surface area contributed by atoms with E-state index in [1.807, 2.05) is 13.0 Å². The first kappa shape index (κ1) is 21.7. The fourth-order valence-electron chi connectivity index (χ4n) is 3.80. The fraction of sp³-hybridized carbons (Fsp3) is 0.600. The highest BCUT2D eigenvalue weighted by Crippen LogP contribution is 2.25. The Kier molecular flexibility index (Phi) is 6.92. The smallest absolute Gasteiger partial charge is 0.309 e. The second-order valence-electron chi connectivity index (χ2n) is 7.73. The Balaban J connectivity index is 1.67. The minimum absolute atomic E-state index is 0.0420. The van der Waals surface area contributed by atoms with Crippen molar-refractivity contribution in [3.63, 3.8) is 0 Å².